The summed E-state index contributed by atoms with van der Waals surface area (Å²) in [6, 6.07) is 17.9. The smallest absolute Gasteiger partial charge is 0.337 e. The lowest BCUT2D eigenvalue weighted by atomic mass is 10.1. The second kappa shape index (κ2) is 9.44. The molecular formula is C25H22N2O6. The first kappa shape index (κ1) is 21.9. The molecule has 0 atom stereocenters. The number of aromatic carboxylic acids is 1. The van der Waals surface area contributed by atoms with Crippen LogP contribution in [0.4, 0.5) is 11.4 Å². The molecule has 1 aliphatic rings. The molecular weight excluding hydrogens is 424 g/mol. The Balaban J connectivity index is 1.54. The SMILES string of the molecule is COc1cccc(C(=O)Nc2ccccc2Oc2ccc(NC(=O)C3CC3)c(C(=O)O)c2)c1. The molecule has 8 heteroatoms. The highest BCUT2D eigenvalue weighted by Crippen LogP contribution is 2.34. The van der Waals surface area contributed by atoms with Crippen molar-refractivity contribution in [3.8, 4) is 17.2 Å². The Morgan fingerprint density at radius 2 is 1.67 bits per heavy atom. The molecule has 33 heavy (non-hydrogen) atoms. The fourth-order valence-corrected chi connectivity index (χ4v) is 3.20. The molecule has 8 nitrogen and oxygen atoms in total. The number of rotatable bonds is 8. The fraction of sp³-hybridized carbons (Fsp3) is 0.160. The van der Waals surface area contributed by atoms with Gasteiger partial charge in [0.2, 0.25) is 5.91 Å². The summed E-state index contributed by atoms with van der Waals surface area (Å²) in [7, 11) is 1.52. The number of para-hydroxylation sites is 2. The van der Waals surface area contributed by atoms with E-state index in [1.54, 1.807) is 54.6 Å². The number of amides is 2. The molecule has 1 saturated carbocycles. The Morgan fingerprint density at radius 3 is 2.39 bits per heavy atom. The normalized spacial score (nSPS) is 12.5. The number of carboxylic acids is 1. The Labute approximate surface area is 190 Å². The van der Waals surface area contributed by atoms with Gasteiger partial charge in [0.1, 0.15) is 11.5 Å². The van der Waals surface area contributed by atoms with Gasteiger partial charge in [0.15, 0.2) is 5.75 Å². The second-order valence-electron chi connectivity index (χ2n) is 7.56. The molecule has 0 unspecified atom stereocenters. The molecule has 0 spiro atoms. The number of hydrogen-bond acceptors (Lipinski definition) is 5. The Kier molecular flexibility index (Phi) is 6.26. The third-order valence-corrected chi connectivity index (χ3v) is 5.12. The van der Waals surface area contributed by atoms with Crippen LogP contribution in [0.3, 0.4) is 0 Å². The molecule has 1 fully saturated rings. The monoisotopic (exact) mass is 446 g/mol. The van der Waals surface area contributed by atoms with E-state index in [1.165, 1.54) is 19.2 Å². The number of carboxylic acid groups (broad SMARTS) is 1. The van der Waals surface area contributed by atoms with Crippen LogP contribution in [-0.2, 0) is 4.79 Å². The average molecular weight is 446 g/mol. The zero-order chi connectivity index (χ0) is 23.4. The summed E-state index contributed by atoms with van der Waals surface area (Å²) in [4.78, 5) is 36.5. The van der Waals surface area contributed by atoms with Gasteiger partial charge < -0.3 is 25.2 Å². The van der Waals surface area contributed by atoms with Crippen LogP contribution >= 0.6 is 0 Å². The van der Waals surface area contributed by atoms with Crippen LogP contribution in [0.1, 0.15) is 33.6 Å². The zero-order valence-corrected chi connectivity index (χ0v) is 17.8. The Bertz CT molecular complexity index is 1220. The number of nitrogens with one attached hydrogen (secondary N) is 2. The lowest BCUT2D eigenvalue weighted by molar-refractivity contribution is -0.117. The van der Waals surface area contributed by atoms with Gasteiger partial charge in [-0.3, -0.25) is 9.59 Å². The number of ether oxygens (including phenoxy) is 2. The van der Waals surface area contributed by atoms with Gasteiger partial charge in [0.05, 0.1) is 24.0 Å². The van der Waals surface area contributed by atoms with Gasteiger partial charge in [-0.15, -0.1) is 0 Å². The molecule has 3 N–H and O–H groups in total. The zero-order valence-electron chi connectivity index (χ0n) is 17.8. The molecule has 4 rings (SSSR count). The molecule has 0 aliphatic heterocycles. The maximum atomic E-state index is 12.7. The molecule has 168 valence electrons. The van der Waals surface area contributed by atoms with Gasteiger partial charge in [0, 0.05) is 11.5 Å². The summed E-state index contributed by atoms with van der Waals surface area (Å²) in [6.45, 7) is 0. The van der Waals surface area contributed by atoms with Crippen molar-refractivity contribution in [3.63, 3.8) is 0 Å². The molecule has 0 heterocycles. The predicted molar refractivity (Wildman–Crippen MR) is 122 cm³/mol. The molecule has 1 aliphatic carbocycles. The van der Waals surface area contributed by atoms with Gasteiger partial charge in [-0.25, -0.2) is 4.79 Å². The van der Waals surface area contributed by atoms with Crippen LogP contribution < -0.4 is 20.1 Å². The van der Waals surface area contributed by atoms with E-state index in [0.717, 1.165) is 12.8 Å². The van der Waals surface area contributed by atoms with E-state index in [2.05, 4.69) is 10.6 Å². The minimum absolute atomic E-state index is 0.0531. The second-order valence-corrected chi connectivity index (χ2v) is 7.56. The lowest BCUT2D eigenvalue weighted by Crippen LogP contribution is -2.16. The molecule has 2 amide bonds. The van der Waals surface area contributed by atoms with Crippen LogP contribution in [0.15, 0.2) is 66.7 Å². The first-order chi connectivity index (χ1) is 15.9. The molecule has 3 aromatic carbocycles. The molecule has 0 aromatic heterocycles. The standard InChI is InChI=1S/C25H22N2O6/c1-32-17-6-4-5-16(13-17)24(29)27-21-7-2-3-8-22(21)33-18-11-12-20(19(14-18)25(30)31)26-23(28)15-9-10-15/h2-8,11-15H,9-10H2,1H3,(H,26,28)(H,27,29)(H,30,31). The molecule has 0 saturated heterocycles. The number of hydrogen-bond donors (Lipinski definition) is 3. The van der Waals surface area contributed by atoms with Gasteiger partial charge >= 0.3 is 5.97 Å². The maximum Gasteiger partial charge on any atom is 0.337 e. The largest absolute Gasteiger partial charge is 0.497 e. The van der Waals surface area contributed by atoms with Crippen molar-refractivity contribution in [2.45, 2.75) is 12.8 Å². The summed E-state index contributed by atoms with van der Waals surface area (Å²) in [5.74, 6) is -0.637. The first-order valence-electron chi connectivity index (χ1n) is 10.3. The summed E-state index contributed by atoms with van der Waals surface area (Å²) < 4.78 is 11.0. The number of anilines is 2. The highest BCUT2D eigenvalue weighted by atomic mass is 16.5. The highest BCUT2D eigenvalue weighted by Gasteiger charge is 2.30. The fourth-order valence-electron chi connectivity index (χ4n) is 3.20. The van der Waals surface area contributed by atoms with Crippen LogP contribution in [0.5, 0.6) is 17.2 Å². The Morgan fingerprint density at radius 1 is 0.879 bits per heavy atom. The molecule has 0 bridgehead atoms. The lowest BCUT2D eigenvalue weighted by Gasteiger charge is -2.14. The van der Waals surface area contributed by atoms with Crippen molar-refractivity contribution in [1.82, 2.24) is 0 Å². The van der Waals surface area contributed by atoms with E-state index >= 15 is 0 Å². The summed E-state index contributed by atoms with van der Waals surface area (Å²) in [5.41, 5.74) is 0.951. The van der Waals surface area contributed by atoms with E-state index in [-0.39, 0.29) is 34.7 Å². The highest BCUT2D eigenvalue weighted by molar-refractivity contribution is 6.05. The van der Waals surface area contributed by atoms with Crippen molar-refractivity contribution < 1.29 is 29.0 Å². The number of benzene rings is 3. The van der Waals surface area contributed by atoms with Crippen molar-refractivity contribution >= 4 is 29.2 Å². The number of carbonyl (C=O) groups excluding carboxylic acids is 2. The predicted octanol–water partition coefficient (Wildman–Crippen LogP) is 4.79. The summed E-state index contributed by atoms with van der Waals surface area (Å²) in [6.07, 6.45) is 1.63. The van der Waals surface area contributed by atoms with Crippen LogP contribution in [0.25, 0.3) is 0 Å². The minimum atomic E-state index is -1.19. The summed E-state index contributed by atoms with van der Waals surface area (Å²) in [5, 5.41) is 15.1. The minimum Gasteiger partial charge on any atom is -0.497 e. The maximum absolute atomic E-state index is 12.7. The van der Waals surface area contributed by atoms with Crippen molar-refractivity contribution in [1.29, 1.82) is 0 Å². The summed E-state index contributed by atoms with van der Waals surface area (Å²) >= 11 is 0. The third-order valence-electron chi connectivity index (χ3n) is 5.12. The third kappa shape index (κ3) is 5.30. The average Bonchev–Trinajstić information content (AvgIpc) is 3.67. The quantitative estimate of drug-likeness (QED) is 0.459. The van der Waals surface area contributed by atoms with Gasteiger partial charge in [-0.2, -0.15) is 0 Å². The number of carbonyl (C=O) groups is 3. The van der Waals surface area contributed by atoms with E-state index < -0.39 is 5.97 Å². The first-order valence-corrected chi connectivity index (χ1v) is 10.3. The van der Waals surface area contributed by atoms with Gasteiger partial charge in [-0.1, -0.05) is 18.2 Å². The van der Waals surface area contributed by atoms with Gasteiger partial charge in [-0.05, 0) is 61.4 Å². The van der Waals surface area contributed by atoms with Gasteiger partial charge in [0.25, 0.3) is 5.91 Å². The van der Waals surface area contributed by atoms with E-state index in [1.807, 2.05) is 0 Å². The van der Waals surface area contributed by atoms with E-state index in [9.17, 15) is 19.5 Å². The molecule has 3 aromatic rings. The van der Waals surface area contributed by atoms with Crippen molar-refractivity contribution in [2.24, 2.45) is 5.92 Å². The van der Waals surface area contributed by atoms with Crippen LogP contribution in [0.2, 0.25) is 0 Å². The Hall–Kier alpha value is -4.33. The van der Waals surface area contributed by atoms with E-state index in [0.29, 0.717) is 22.7 Å². The van der Waals surface area contributed by atoms with Crippen LogP contribution in [-0.4, -0.2) is 30.0 Å². The molecule has 0 radical (unpaired) electrons. The topological polar surface area (TPSA) is 114 Å². The van der Waals surface area contributed by atoms with Crippen molar-refractivity contribution in [2.75, 3.05) is 17.7 Å². The number of methoxy groups -OCH3 is 1. The van der Waals surface area contributed by atoms with Crippen molar-refractivity contribution in [3.05, 3.63) is 77.9 Å². The van der Waals surface area contributed by atoms with Crippen LogP contribution in [0, 0.1) is 5.92 Å². The van der Waals surface area contributed by atoms with E-state index in [4.69, 9.17) is 9.47 Å².